The molecule has 1 aromatic rings. The van der Waals surface area contributed by atoms with E-state index in [9.17, 15) is 5.11 Å². The van der Waals surface area contributed by atoms with Crippen molar-refractivity contribution >= 4 is 11.9 Å². The summed E-state index contributed by atoms with van der Waals surface area (Å²) >= 11 is 0. The van der Waals surface area contributed by atoms with E-state index in [1.807, 2.05) is 26.3 Å². The highest BCUT2D eigenvalue weighted by atomic mass is 16.3. The summed E-state index contributed by atoms with van der Waals surface area (Å²) in [7, 11) is 2.03. The third kappa shape index (κ3) is 1.81. The predicted octanol–water partition coefficient (Wildman–Crippen LogP) is 2.41. The van der Waals surface area contributed by atoms with Crippen LogP contribution in [0.1, 0.15) is 18.1 Å². The molecule has 84 valence electrons. The summed E-state index contributed by atoms with van der Waals surface area (Å²) in [5, 5.41) is 9.41. The molecule has 1 N–H and O–H groups in total. The molecule has 0 saturated carbocycles. The molecule has 0 radical (unpaired) electrons. The van der Waals surface area contributed by atoms with Crippen molar-refractivity contribution in [3.63, 3.8) is 0 Å². The van der Waals surface area contributed by atoms with Gasteiger partial charge in [-0.15, -0.1) is 0 Å². The highest BCUT2D eigenvalue weighted by molar-refractivity contribution is 5.91. The predicted molar refractivity (Wildman–Crippen MR) is 66.6 cm³/mol. The van der Waals surface area contributed by atoms with Gasteiger partial charge in [-0.25, -0.2) is 0 Å². The van der Waals surface area contributed by atoms with Crippen molar-refractivity contribution < 1.29 is 5.11 Å². The van der Waals surface area contributed by atoms with E-state index >= 15 is 0 Å². The smallest absolute Gasteiger partial charge is 0.115 e. The van der Waals surface area contributed by atoms with Crippen LogP contribution in [-0.4, -0.2) is 29.9 Å². The van der Waals surface area contributed by atoms with Gasteiger partial charge in [0, 0.05) is 24.5 Å². The lowest BCUT2D eigenvalue weighted by Crippen LogP contribution is -2.22. The Morgan fingerprint density at radius 2 is 2.06 bits per heavy atom. The second kappa shape index (κ2) is 4.00. The monoisotopic (exact) mass is 216 g/mol. The lowest BCUT2D eigenvalue weighted by atomic mass is 10.0. The highest BCUT2D eigenvalue weighted by Gasteiger charge is 2.15. The molecule has 0 atom stereocenters. The van der Waals surface area contributed by atoms with Gasteiger partial charge in [0.25, 0.3) is 0 Å². The zero-order chi connectivity index (χ0) is 11.7. The molecule has 0 amide bonds. The molecule has 1 aliphatic rings. The molecule has 1 aliphatic heterocycles. The van der Waals surface area contributed by atoms with E-state index in [0.29, 0.717) is 12.4 Å². The van der Waals surface area contributed by atoms with E-state index in [4.69, 9.17) is 0 Å². The Balaban J connectivity index is 2.54. The van der Waals surface area contributed by atoms with Crippen molar-refractivity contribution in [2.45, 2.75) is 13.8 Å². The molecule has 0 bridgehead atoms. The highest BCUT2D eigenvalue weighted by Crippen LogP contribution is 2.28. The standard InChI is InChI=1S/C13H16N2O/c1-9-6-11(16)4-5-12(9)13-10(2)7-14-8-15(13)3/h4-7,16H,8H2,1-3H3. The zero-order valence-corrected chi connectivity index (χ0v) is 9.86. The number of phenols is 1. The largest absolute Gasteiger partial charge is 0.508 e. The van der Waals surface area contributed by atoms with Gasteiger partial charge in [-0.05, 0) is 43.2 Å². The van der Waals surface area contributed by atoms with Crippen molar-refractivity contribution in [3.8, 4) is 5.75 Å². The van der Waals surface area contributed by atoms with Crippen LogP contribution in [0.15, 0.2) is 28.8 Å². The second-order valence-electron chi connectivity index (χ2n) is 4.18. The first kappa shape index (κ1) is 10.7. The van der Waals surface area contributed by atoms with Crippen LogP contribution in [-0.2, 0) is 0 Å². The van der Waals surface area contributed by atoms with Crippen molar-refractivity contribution in [1.29, 1.82) is 0 Å². The van der Waals surface area contributed by atoms with E-state index in [-0.39, 0.29) is 0 Å². The minimum Gasteiger partial charge on any atom is -0.508 e. The summed E-state index contributed by atoms with van der Waals surface area (Å²) in [6.07, 6.45) is 1.90. The molecule has 3 heteroatoms. The molecule has 0 unspecified atom stereocenters. The van der Waals surface area contributed by atoms with Gasteiger partial charge < -0.3 is 10.0 Å². The van der Waals surface area contributed by atoms with Crippen molar-refractivity contribution in [1.82, 2.24) is 4.90 Å². The lowest BCUT2D eigenvalue weighted by Gasteiger charge is -2.26. The first-order valence-corrected chi connectivity index (χ1v) is 5.31. The van der Waals surface area contributed by atoms with Crippen LogP contribution < -0.4 is 0 Å². The normalized spacial score (nSPS) is 15.8. The molecular formula is C13H16N2O. The maximum absolute atomic E-state index is 9.41. The topological polar surface area (TPSA) is 35.8 Å². The fourth-order valence-electron chi connectivity index (χ4n) is 2.06. The Morgan fingerprint density at radius 3 is 2.69 bits per heavy atom. The molecule has 0 spiro atoms. The summed E-state index contributed by atoms with van der Waals surface area (Å²) in [5.74, 6) is 0.312. The van der Waals surface area contributed by atoms with Crippen LogP contribution in [0.5, 0.6) is 5.75 Å². The zero-order valence-electron chi connectivity index (χ0n) is 9.86. The Kier molecular flexibility index (Phi) is 2.69. The molecule has 0 saturated heterocycles. The molecule has 1 aromatic carbocycles. The molecule has 2 rings (SSSR count). The van der Waals surface area contributed by atoms with Gasteiger partial charge in [0.2, 0.25) is 0 Å². The maximum atomic E-state index is 9.41. The summed E-state index contributed by atoms with van der Waals surface area (Å²) in [6, 6.07) is 5.47. The molecule has 0 aliphatic carbocycles. The SMILES string of the molecule is CC1=C(c2ccc(O)cc2C)N(C)CN=C1. The molecule has 3 nitrogen and oxygen atoms in total. The van der Waals surface area contributed by atoms with E-state index in [2.05, 4.69) is 16.8 Å². The van der Waals surface area contributed by atoms with Crippen LogP contribution >= 0.6 is 0 Å². The quantitative estimate of drug-likeness (QED) is 0.782. The summed E-state index contributed by atoms with van der Waals surface area (Å²) in [5.41, 5.74) is 4.58. The average molecular weight is 216 g/mol. The fourth-order valence-corrected chi connectivity index (χ4v) is 2.06. The Bertz CT molecular complexity index is 475. The third-order valence-corrected chi connectivity index (χ3v) is 2.80. The van der Waals surface area contributed by atoms with Crippen LogP contribution in [0.25, 0.3) is 5.70 Å². The third-order valence-electron chi connectivity index (χ3n) is 2.80. The molecule has 0 aromatic heterocycles. The fraction of sp³-hybridized carbons (Fsp3) is 0.308. The number of benzene rings is 1. The van der Waals surface area contributed by atoms with Gasteiger partial charge >= 0.3 is 0 Å². The number of hydrogen-bond donors (Lipinski definition) is 1. The number of rotatable bonds is 1. The summed E-state index contributed by atoms with van der Waals surface area (Å²) < 4.78 is 0. The first-order chi connectivity index (χ1) is 7.59. The molecule has 16 heavy (non-hydrogen) atoms. The molecule has 1 heterocycles. The van der Waals surface area contributed by atoms with Crippen LogP contribution in [0.2, 0.25) is 0 Å². The second-order valence-corrected chi connectivity index (χ2v) is 4.18. The number of nitrogens with zero attached hydrogens (tertiary/aromatic N) is 2. The van der Waals surface area contributed by atoms with Crippen LogP contribution in [0.3, 0.4) is 0 Å². The van der Waals surface area contributed by atoms with Gasteiger partial charge in [0.15, 0.2) is 0 Å². The Labute approximate surface area is 95.7 Å². The number of phenolic OH excluding ortho intramolecular Hbond substituents is 1. The lowest BCUT2D eigenvalue weighted by molar-refractivity contribution is 0.473. The summed E-state index contributed by atoms with van der Waals surface area (Å²) in [4.78, 5) is 6.38. The summed E-state index contributed by atoms with van der Waals surface area (Å²) in [6.45, 7) is 4.75. The van der Waals surface area contributed by atoms with Crippen LogP contribution in [0.4, 0.5) is 0 Å². The number of aromatic hydroxyl groups is 1. The average Bonchev–Trinajstić information content (AvgIpc) is 2.20. The minimum atomic E-state index is 0.312. The van der Waals surface area contributed by atoms with E-state index in [0.717, 1.165) is 16.7 Å². The number of hydrogen-bond acceptors (Lipinski definition) is 3. The minimum absolute atomic E-state index is 0.312. The first-order valence-electron chi connectivity index (χ1n) is 5.31. The van der Waals surface area contributed by atoms with Crippen molar-refractivity contribution in [3.05, 3.63) is 34.9 Å². The maximum Gasteiger partial charge on any atom is 0.115 e. The van der Waals surface area contributed by atoms with Gasteiger partial charge in [-0.3, -0.25) is 4.99 Å². The van der Waals surface area contributed by atoms with Crippen molar-refractivity contribution in [2.75, 3.05) is 13.7 Å². The van der Waals surface area contributed by atoms with Gasteiger partial charge in [0.1, 0.15) is 12.4 Å². The van der Waals surface area contributed by atoms with E-state index in [1.54, 1.807) is 12.1 Å². The molecule has 0 fully saturated rings. The Morgan fingerprint density at radius 1 is 1.31 bits per heavy atom. The van der Waals surface area contributed by atoms with E-state index < -0.39 is 0 Å². The number of aliphatic imine (C=N–C) groups is 1. The Hall–Kier alpha value is -1.77. The van der Waals surface area contributed by atoms with Gasteiger partial charge in [-0.1, -0.05) is 0 Å². The van der Waals surface area contributed by atoms with Crippen molar-refractivity contribution in [2.24, 2.45) is 4.99 Å². The van der Waals surface area contributed by atoms with E-state index in [1.165, 1.54) is 5.70 Å². The number of aryl methyl sites for hydroxylation is 1. The molecular weight excluding hydrogens is 200 g/mol. The van der Waals surface area contributed by atoms with Crippen LogP contribution in [0, 0.1) is 6.92 Å². The van der Waals surface area contributed by atoms with Gasteiger partial charge in [0.05, 0.1) is 0 Å². The van der Waals surface area contributed by atoms with Gasteiger partial charge in [-0.2, -0.15) is 0 Å². The number of allylic oxidation sites excluding steroid dienone is 1.